The monoisotopic (exact) mass is 335 g/mol. The molecule has 1 aromatic carbocycles. The lowest BCUT2D eigenvalue weighted by molar-refractivity contribution is -0.132. The molecule has 0 saturated carbocycles. The summed E-state index contributed by atoms with van der Waals surface area (Å²) >= 11 is 0. The third-order valence-electron chi connectivity index (χ3n) is 4.19. The van der Waals surface area contributed by atoms with Crippen LogP contribution in [0.4, 0.5) is 4.39 Å². The van der Waals surface area contributed by atoms with E-state index in [2.05, 4.69) is 12.2 Å². The van der Waals surface area contributed by atoms with Gasteiger partial charge in [-0.1, -0.05) is 25.8 Å². The number of hydrogen-bond donors (Lipinski definition) is 1. The van der Waals surface area contributed by atoms with Crippen LogP contribution in [0.5, 0.6) is 0 Å². The quantitative estimate of drug-likeness (QED) is 0.774. The molecule has 1 fully saturated rings. The molecule has 0 spiro atoms. The molecule has 0 aliphatic carbocycles. The maximum Gasteiger partial charge on any atom is 0.254 e. The Bertz CT molecular complexity index is 559. The normalized spacial score (nSPS) is 14.5. The second-order valence-corrected chi connectivity index (χ2v) is 6.07. The van der Waals surface area contributed by atoms with Gasteiger partial charge in [0, 0.05) is 38.3 Å². The van der Waals surface area contributed by atoms with Gasteiger partial charge in [0.2, 0.25) is 5.91 Å². The number of nitrogens with one attached hydrogen (secondary N) is 1. The molecular weight excluding hydrogens is 309 g/mol. The highest BCUT2D eigenvalue weighted by atomic mass is 19.1. The van der Waals surface area contributed by atoms with E-state index in [0.29, 0.717) is 25.2 Å². The Kier molecular flexibility index (Phi) is 7.18. The molecule has 0 atom stereocenters. The van der Waals surface area contributed by atoms with Crippen LogP contribution in [-0.2, 0) is 4.79 Å². The van der Waals surface area contributed by atoms with Crippen molar-refractivity contribution in [2.45, 2.75) is 26.2 Å². The number of carbonyl (C=O) groups excluding carboxylic acids is 2. The van der Waals surface area contributed by atoms with Crippen molar-refractivity contribution in [2.24, 2.45) is 0 Å². The van der Waals surface area contributed by atoms with Crippen LogP contribution in [0.25, 0.3) is 0 Å². The van der Waals surface area contributed by atoms with E-state index in [1.807, 2.05) is 0 Å². The largest absolute Gasteiger partial charge is 0.339 e. The maximum absolute atomic E-state index is 13.4. The van der Waals surface area contributed by atoms with Crippen molar-refractivity contribution < 1.29 is 14.0 Å². The lowest BCUT2D eigenvalue weighted by Gasteiger charge is -2.30. The van der Waals surface area contributed by atoms with Crippen molar-refractivity contribution in [3.8, 4) is 0 Å². The molecule has 5 nitrogen and oxygen atoms in total. The van der Waals surface area contributed by atoms with Gasteiger partial charge in [-0.15, -0.1) is 0 Å². The van der Waals surface area contributed by atoms with Gasteiger partial charge >= 0.3 is 0 Å². The zero-order valence-electron chi connectivity index (χ0n) is 14.3. The first-order valence-corrected chi connectivity index (χ1v) is 8.65. The van der Waals surface area contributed by atoms with Crippen LogP contribution in [0, 0.1) is 5.82 Å². The Morgan fingerprint density at radius 3 is 2.67 bits per heavy atom. The van der Waals surface area contributed by atoms with Crippen LogP contribution in [-0.4, -0.2) is 60.9 Å². The van der Waals surface area contributed by atoms with Crippen molar-refractivity contribution in [1.29, 1.82) is 0 Å². The average Bonchev–Trinajstić information content (AvgIpc) is 2.61. The van der Waals surface area contributed by atoms with Crippen molar-refractivity contribution in [2.75, 3.05) is 39.3 Å². The van der Waals surface area contributed by atoms with Gasteiger partial charge < -0.3 is 15.1 Å². The maximum atomic E-state index is 13.4. The molecule has 0 unspecified atom stereocenters. The van der Waals surface area contributed by atoms with E-state index < -0.39 is 5.82 Å². The van der Waals surface area contributed by atoms with Crippen LogP contribution >= 0.6 is 0 Å². The first kappa shape index (κ1) is 18.4. The molecule has 2 amide bonds. The molecular formula is C18H26FN3O2. The minimum Gasteiger partial charge on any atom is -0.339 e. The minimum absolute atomic E-state index is 0.0437. The van der Waals surface area contributed by atoms with Crippen molar-refractivity contribution in [3.63, 3.8) is 0 Å². The van der Waals surface area contributed by atoms with Crippen LogP contribution in [0.2, 0.25) is 0 Å². The summed E-state index contributed by atoms with van der Waals surface area (Å²) in [5, 5.41) is 3.20. The Balaban J connectivity index is 2.05. The molecule has 24 heavy (non-hydrogen) atoms. The number of unbranched alkanes of at least 4 members (excludes halogenated alkanes) is 2. The number of piperazine rings is 1. The van der Waals surface area contributed by atoms with E-state index in [9.17, 15) is 14.0 Å². The molecule has 6 heteroatoms. The molecule has 1 heterocycles. The van der Waals surface area contributed by atoms with Gasteiger partial charge in [-0.3, -0.25) is 9.59 Å². The zero-order chi connectivity index (χ0) is 17.4. The predicted molar refractivity (Wildman–Crippen MR) is 91.3 cm³/mol. The second-order valence-electron chi connectivity index (χ2n) is 6.07. The highest BCUT2D eigenvalue weighted by molar-refractivity contribution is 5.96. The summed E-state index contributed by atoms with van der Waals surface area (Å²) in [7, 11) is 0. The van der Waals surface area contributed by atoms with Crippen molar-refractivity contribution in [1.82, 2.24) is 15.1 Å². The summed E-state index contributed by atoms with van der Waals surface area (Å²) < 4.78 is 13.4. The smallest absolute Gasteiger partial charge is 0.254 e. The Hall–Kier alpha value is -1.95. The topological polar surface area (TPSA) is 52.7 Å². The number of nitrogens with zero attached hydrogens (tertiary/aromatic N) is 2. The molecule has 132 valence electrons. The number of amides is 2. The standard InChI is InChI=1S/C18H26FN3O2/c1-2-3-4-10-22(14-17(23)21-11-8-20-9-12-21)18(24)15-6-5-7-16(19)13-15/h5-7,13,20H,2-4,8-12,14H2,1H3. The Morgan fingerprint density at radius 1 is 1.25 bits per heavy atom. The minimum atomic E-state index is -0.442. The Labute approximate surface area is 142 Å². The van der Waals surface area contributed by atoms with Crippen LogP contribution in [0.1, 0.15) is 36.5 Å². The van der Waals surface area contributed by atoms with E-state index in [1.165, 1.54) is 18.2 Å². The lowest BCUT2D eigenvalue weighted by Crippen LogP contribution is -2.50. The van der Waals surface area contributed by atoms with E-state index in [0.717, 1.165) is 32.4 Å². The van der Waals surface area contributed by atoms with Gasteiger partial charge in [-0.25, -0.2) is 4.39 Å². The van der Waals surface area contributed by atoms with Gasteiger partial charge in [0.1, 0.15) is 12.4 Å². The number of carbonyl (C=O) groups is 2. The van der Waals surface area contributed by atoms with Crippen LogP contribution < -0.4 is 5.32 Å². The SMILES string of the molecule is CCCCCN(CC(=O)N1CCNCC1)C(=O)c1cccc(F)c1. The molecule has 1 N–H and O–H groups in total. The molecule has 1 aromatic rings. The fourth-order valence-electron chi connectivity index (χ4n) is 2.79. The lowest BCUT2D eigenvalue weighted by atomic mass is 10.1. The third-order valence-corrected chi connectivity index (χ3v) is 4.19. The number of benzene rings is 1. The number of halogens is 1. The summed E-state index contributed by atoms with van der Waals surface area (Å²) in [6.07, 6.45) is 2.87. The van der Waals surface area contributed by atoms with Crippen LogP contribution in [0.3, 0.4) is 0 Å². The first-order valence-electron chi connectivity index (χ1n) is 8.65. The van der Waals surface area contributed by atoms with Gasteiger partial charge in [0.25, 0.3) is 5.91 Å². The fourth-order valence-corrected chi connectivity index (χ4v) is 2.79. The molecule has 0 bridgehead atoms. The molecule has 1 aliphatic heterocycles. The van der Waals surface area contributed by atoms with Crippen LogP contribution in [0.15, 0.2) is 24.3 Å². The van der Waals surface area contributed by atoms with E-state index in [1.54, 1.807) is 15.9 Å². The summed E-state index contributed by atoms with van der Waals surface area (Å²) in [4.78, 5) is 28.5. The molecule has 2 rings (SSSR count). The highest BCUT2D eigenvalue weighted by Crippen LogP contribution is 2.10. The molecule has 0 aromatic heterocycles. The second kappa shape index (κ2) is 9.37. The number of hydrogen-bond acceptors (Lipinski definition) is 3. The van der Waals surface area contributed by atoms with Gasteiger partial charge in [0.05, 0.1) is 0 Å². The van der Waals surface area contributed by atoms with Gasteiger partial charge in [0.15, 0.2) is 0 Å². The third kappa shape index (κ3) is 5.30. The van der Waals surface area contributed by atoms with E-state index >= 15 is 0 Å². The van der Waals surface area contributed by atoms with E-state index in [-0.39, 0.29) is 18.4 Å². The summed E-state index contributed by atoms with van der Waals surface area (Å²) in [6, 6.07) is 5.65. The highest BCUT2D eigenvalue weighted by Gasteiger charge is 2.23. The first-order chi connectivity index (χ1) is 11.6. The molecule has 0 radical (unpaired) electrons. The van der Waals surface area contributed by atoms with Crippen molar-refractivity contribution in [3.05, 3.63) is 35.6 Å². The molecule has 1 saturated heterocycles. The fraction of sp³-hybridized carbons (Fsp3) is 0.556. The van der Waals surface area contributed by atoms with Crippen molar-refractivity contribution >= 4 is 11.8 Å². The van der Waals surface area contributed by atoms with Gasteiger partial charge in [-0.2, -0.15) is 0 Å². The number of rotatable bonds is 7. The molecule has 1 aliphatic rings. The zero-order valence-corrected chi connectivity index (χ0v) is 14.3. The summed E-state index contributed by atoms with van der Waals surface area (Å²) in [5.74, 6) is -0.769. The summed E-state index contributed by atoms with van der Waals surface area (Å²) in [5.41, 5.74) is 0.291. The average molecular weight is 335 g/mol. The summed E-state index contributed by atoms with van der Waals surface area (Å²) in [6.45, 7) is 5.54. The Morgan fingerprint density at radius 2 is 2.00 bits per heavy atom. The van der Waals surface area contributed by atoms with E-state index in [4.69, 9.17) is 0 Å². The van der Waals surface area contributed by atoms with Gasteiger partial charge in [-0.05, 0) is 24.6 Å². The predicted octanol–water partition coefficient (Wildman–Crippen LogP) is 1.89.